The van der Waals surface area contributed by atoms with Gasteiger partial charge >= 0.3 is 0 Å². The average molecular weight is 596 g/mol. The van der Waals surface area contributed by atoms with Gasteiger partial charge in [0.25, 0.3) is 0 Å². The first-order chi connectivity index (χ1) is 22.2. The van der Waals surface area contributed by atoms with Gasteiger partial charge in [0.2, 0.25) is 5.28 Å². The highest BCUT2D eigenvalue weighted by Crippen LogP contribution is 2.36. The molecule has 0 amide bonds. The molecule has 7 aromatic carbocycles. The monoisotopic (exact) mass is 595 g/mol. The van der Waals surface area contributed by atoms with Gasteiger partial charge in [-0.25, -0.2) is 4.98 Å². The highest BCUT2D eigenvalue weighted by atomic mass is 35.5. The summed E-state index contributed by atoms with van der Waals surface area (Å²) in [6.45, 7) is 0. The van der Waals surface area contributed by atoms with Crippen LogP contribution in [-0.2, 0) is 0 Å². The van der Waals surface area contributed by atoms with E-state index in [1.54, 1.807) is 0 Å². The Bertz CT molecular complexity index is 2340. The van der Waals surface area contributed by atoms with Crippen molar-refractivity contribution in [3.63, 3.8) is 0 Å². The van der Waals surface area contributed by atoms with Crippen LogP contribution in [0.5, 0.6) is 0 Å². The molecule has 1 aromatic heterocycles. The number of rotatable bonds is 5. The summed E-state index contributed by atoms with van der Waals surface area (Å²) in [5.41, 5.74) is 8.58. The van der Waals surface area contributed by atoms with Crippen molar-refractivity contribution in [3.05, 3.63) is 163 Å². The van der Waals surface area contributed by atoms with Crippen LogP contribution in [0.2, 0.25) is 5.28 Å². The molecule has 0 aliphatic carbocycles. The van der Waals surface area contributed by atoms with Gasteiger partial charge in [-0.3, -0.25) is 0 Å². The van der Waals surface area contributed by atoms with Crippen molar-refractivity contribution >= 4 is 33.1 Å². The van der Waals surface area contributed by atoms with Crippen molar-refractivity contribution in [1.29, 1.82) is 0 Å². The Morgan fingerprint density at radius 2 is 0.867 bits per heavy atom. The van der Waals surface area contributed by atoms with Gasteiger partial charge in [-0.05, 0) is 90.8 Å². The molecule has 0 aliphatic heterocycles. The van der Waals surface area contributed by atoms with Crippen molar-refractivity contribution in [1.82, 2.24) is 15.0 Å². The zero-order chi connectivity index (χ0) is 30.2. The molecule has 0 aliphatic rings. The van der Waals surface area contributed by atoms with Gasteiger partial charge < -0.3 is 0 Å². The maximum Gasteiger partial charge on any atom is 0.226 e. The molecule has 0 fully saturated rings. The SMILES string of the molecule is Clc1nc(-c2cccc(-c3cccc4ccccc34)c2)nc(-c2cc(-c3cccc(-c4ccccc4)c3)c3ccccc3c2)n1. The second-order valence-electron chi connectivity index (χ2n) is 11.1. The second kappa shape index (κ2) is 11.5. The van der Waals surface area contributed by atoms with E-state index in [9.17, 15) is 0 Å². The maximum absolute atomic E-state index is 6.59. The molecular weight excluding hydrogens is 570 g/mol. The van der Waals surface area contributed by atoms with Gasteiger partial charge in [0.15, 0.2) is 11.6 Å². The van der Waals surface area contributed by atoms with Gasteiger partial charge in [0.1, 0.15) is 0 Å². The quantitative estimate of drug-likeness (QED) is 0.199. The van der Waals surface area contributed by atoms with Crippen molar-refractivity contribution in [2.75, 3.05) is 0 Å². The Balaban J connectivity index is 1.24. The molecule has 8 rings (SSSR count). The van der Waals surface area contributed by atoms with Crippen LogP contribution < -0.4 is 0 Å². The van der Waals surface area contributed by atoms with E-state index in [0.717, 1.165) is 44.2 Å². The Labute approximate surface area is 266 Å². The lowest BCUT2D eigenvalue weighted by Gasteiger charge is -2.13. The molecular formula is C41H26ClN3. The van der Waals surface area contributed by atoms with Crippen LogP contribution in [0, 0.1) is 0 Å². The molecule has 0 spiro atoms. The first-order valence-corrected chi connectivity index (χ1v) is 15.3. The van der Waals surface area contributed by atoms with Crippen LogP contribution in [0.15, 0.2) is 158 Å². The van der Waals surface area contributed by atoms with E-state index in [2.05, 4.69) is 149 Å². The van der Waals surface area contributed by atoms with Crippen LogP contribution in [0.4, 0.5) is 0 Å². The average Bonchev–Trinajstić information content (AvgIpc) is 3.11. The van der Waals surface area contributed by atoms with E-state index in [-0.39, 0.29) is 5.28 Å². The van der Waals surface area contributed by atoms with Gasteiger partial charge in [-0.2, -0.15) is 9.97 Å². The van der Waals surface area contributed by atoms with E-state index in [4.69, 9.17) is 16.6 Å². The minimum absolute atomic E-state index is 0.159. The molecule has 4 heteroatoms. The number of halogens is 1. The number of hydrogen-bond acceptors (Lipinski definition) is 3. The molecule has 3 nitrogen and oxygen atoms in total. The van der Waals surface area contributed by atoms with Crippen LogP contribution in [0.3, 0.4) is 0 Å². The van der Waals surface area contributed by atoms with Crippen LogP contribution >= 0.6 is 11.6 Å². The fourth-order valence-electron chi connectivity index (χ4n) is 6.09. The molecule has 0 saturated heterocycles. The Morgan fingerprint density at radius 1 is 0.333 bits per heavy atom. The standard InChI is InChI=1S/C41H26ClN3/c42-41-44-39(33-19-9-17-31(24-33)36-22-10-15-28-13-4-6-20-35(28)36)43-40(45-41)34-25-30-14-5-7-21-37(30)38(26-34)32-18-8-16-29(23-32)27-11-2-1-3-12-27/h1-26H. The fraction of sp³-hybridized carbons (Fsp3) is 0. The fourth-order valence-corrected chi connectivity index (χ4v) is 6.25. The van der Waals surface area contributed by atoms with E-state index in [1.165, 1.54) is 21.9 Å². The van der Waals surface area contributed by atoms with Gasteiger partial charge in [-0.15, -0.1) is 0 Å². The minimum Gasteiger partial charge on any atom is -0.208 e. The third kappa shape index (κ3) is 5.24. The van der Waals surface area contributed by atoms with E-state index < -0.39 is 0 Å². The van der Waals surface area contributed by atoms with Crippen molar-refractivity contribution in [2.45, 2.75) is 0 Å². The van der Waals surface area contributed by atoms with Crippen LogP contribution in [0.25, 0.3) is 77.7 Å². The molecule has 1 heterocycles. The van der Waals surface area contributed by atoms with Crippen molar-refractivity contribution in [3.8, 4) is 56.2 Å². The van der Waals surface area contributed by atoms with Crippen molar-refractivity contribution < 1.29 is 0 Å². The third-order valence-corrected chi connectivity index (χ3v) is 8.40. The van der Waals surface area contributed by atoms with Crippen molar-refractivity contribution in [2.24, 2.45) is 0 Å². The number of benzene rings is 7. The molecule has 0 unspecified atom stereocenters. The topological polar surface area (TPSA) is 38.7 Å². The smallest absolute Gasteiger partial charge is 0.208 e. The maximum atomic E-state index is 6.59. The molecule has 0 N–H and O–H groups in total. The molecule has 0 atom stereocenters. The number of hydrogen-bond donors (Lipinski definition) is 0. The predicted octanol–water partition coefficient (Wildman–Crippen LogP) is 11.2. The normalized spacial score (nSPS) is 11.2. The summed E-state index contributed by atoms with van der Waals surface area (Å²) in [7, 11) is 0. The Hall–Kier alpha value is -5.64. The zero-order valence-electron chi connectivity index (χ0n) is 24.2. The van der Waals surface area contributed by atoms with E-state index >= 15 is 0 Å². The van der Waals surface area contributed by atoms with Gasteiger partial charge in [-0.1, -0.05) is 133 Å². The predicted molar refractivity (Wildman–Crippen MR) is 187 cm³/mol. The second-order valence-corrected chi connectivity index (χ2v) is 11.4. The molecule has 0 bridgehead atoms. The molecule has 212 valence electrons. The first-order valence-electron chi connectivity index (χ1n) is 14.9. The number of fused-ring (bicyclic) bond motifs is 2. The summed E-state index contributed by atoms with van der Waals surface area (Å²) >= 11 is 6.59. The first kappa shape index (κ1) is 26.9. The van der Waals surface area contributed by atoms with Gasteiger partial charge in [0.05, 0.1) is 0 Å². The largest absolute Gasteiger partial charge is 0.226 e. The summed E-state index contributed by atoms with van der Waals surface area (Å²) in [5, 5.41) is 4.82. The molecule has 45 heavy (non-hydrogen) atoms. The summed E-state index contributed by atoms with van der Waals surface area (Å²) in [6.07, 6.45) is 0. The highest BCUT2D eigenvalue weighted by molar-refractivity contribution is 6.28. The Kier molecular flexibility index (Phi) is 6.86. The minimum atomic E-state index is 0.159. The lowest BCUT2D eigenvalue weighted by atomic mass is 9.93. The highest BCUT2D eigenvalue weighted by Gasteiger charge is 2.15. The Morgan fingerprint density at radius 3 is 1.67 bits per heavy atom. The number of aromatic nitrogens is 3. The summed E-state index contributed by atoms with van der Waals surface area (Å²) in [6, 6.07) is 54.9. The van der Waals surface area contributed by atoms with E-state index in [1.807, 2.05) is 18.2 Å². The van der Waals surface area contributed by atoms with E-state index in [0.29, 0.717) is 11.6 Å². The summed E-state index contributed by atoms with van der Waals surface area (Å²) < 4.78 is 0. The lowest BCUT2D eigenvalue weighted by molar-refractivity contribution is 1.07. The zero-order valence-corrected chi connectivity index (χ0v) is 25.0. The van der Waals surface area contributed by atoms with Gasteiger partial charge in [0, 0.05) is 11.1 Å². The molecule has 8 aromatic rings. The molecule has 0 radical (unpaired) electrons. The van der Waals surface area contributed by atoms with Crippen LogP contribution in [-0.4, -0.2) is 15.0 Å². The summed E-state index contributed by atoms with van der Waals surface area (Å²) in [4.78, 5) is 14.1. The lowest BCUT2D eigenvalue weighted by Crippen LogP contribution is -1.98. The summed E-state index contributed by atoms with van der Waals surface area (Å²) in [5.74, 6) is 1.07. The third-order valence-electron chi connectivity index (χ3n) is 8.23. The van der Waals surface area contributed by atoms with Crippen LogP contribution in [0.1, 0.15) is 0 Å². The molecule has 0 saturated carbocycles. The number of nitrogens with zero attached hydrogens (tertiary/aromatic N) is 3.